The van der Waals surface area contributed by atoms with Crippen molar-refractivity contribution < 1.29 is 9.90 Å². The average Bonchev–Trinajstić information content (AvgIpc) is 2.29. The van der Waals surface area contributed by atoms with Crippen LogP contribution in [0.15, 0.2) is 36.7 Å². The van der Waals surface area contributed by atoms with Gasteiger partial charge in [0, 0.05) is 18.0 Å². The topological polar surface area (TPSA) is 63.1 Å². The quantitative estimate of drug-likeness (QED) is 0.906. The van der Waals surface area contributed by atoms with Crippen molar-refractivity contribution in [1.82, 2.24) is 9.97 Å². The molecule has 5 heteroatoms. The number of halogens is 1. The second kappa shape index (κ2) is 4.93. The molecule has 1 heterocycles. The molecule has 0 unspecified atom stereocenters. The Bertz CT molecular complexity index is 540. The van der Waals surface area contributed by atoms with Crippen LogP contribution in [0.1, 0.15) is 5.56 Å². The summed E-state index contributed by atoms with van der Waals surface area (Å²) in [4.78, 5) is 18.8. The van der Waals surface area contributed by atoms with Crippen molar-refractivity contribution in [1.29, 1.82) is 0 Å². The van der Waals surface area contributed by atoms with E-state index in [1.54, 1.807) is 18.2 Å². The Kier molecular flexibility index (Phi) is 3.35. The molecule has 0 saturated carbocycles. The highest BCUT2D eigenvalue weighted by atomic mass is 35.5. The van der Waals surface area contributed by atoms with Gasteiger partial charge in [-0.2, -0.15) is 0 Å². The maximum Gasteiger partial charge on any atom is 0.307 e. The van der Waals surface area contributed by atoms with E-state index in [1.807, 2.05) is 6.07 Å². The normalized spacial score (nSPS) is 10.2. The molecule has 1 aromatic heterocycles. The van der Waals surface area contributed by atoms with Gasteiger partial charge in [-0.3, -0.25) is 4.79 Å². The monoisotopic (exact) mass is 248 g/mol. The van der Waals surface area contributed by atoms with E-state index >= 15 is 0 Å². The molecule has 0 aliphatic carbocycles. The number of carboxylic acid groups (broad SMARTS) is 1. The van der Waals surface area contributed by atoms with Crippen LogP contribution in [-0.4, -0.2) is 21.0 Å². The summed E-state index contributed by atoms with van der Waals surface area (Å²) in [6, 6.07) is 7.13. The molecule has 0 saturated heterocycles. The van der Waals surface area contributed by atoms with Gasteiger partial charge in [-0.25, -0.2) is 9.97 Å². The minimum absolute atomic E-state index is 0.0125. The highest BCUT2D eigenvalue weighted by Crippen LogP contribution is 2.17. The maximum atomic E-state index is 10.6. The summed E-state index contributed by atoms with van der Waals surface area (Å²) in [6.07, 6.45) is 3.00. The Balaban J connectivity index is 2.32. The third-order valence-electron chi connectivity index (χ3n) is 2.16. The number of benzene rings is 1. The summed E-state index contributed by atoms with van der Waals surface area (Å²) >= 11 is 5.70. The molecule has 2 rings (SSSR count). The molecule has 0 spiro atoms. The molecule has 86 valence electrons. The van der Waals surface area contributed by atoms with Crippen molar-refractivity contribution in [2.24, 2.45) is 0 Å². The van der Waals surface area contributed by atoms with E-state index in [9.17, 15) is 4.79 Å². The van der Waals surface area contributed by atoms with Crippen LogP contribution in [0, 0.1) is 0 Å². The highest BCUT2D eigenvalue weighted by molar-refractivity contribution is 6.30. The molecule has 0 amide bonds. The number of carbonyl (C=O) groups is 1. The third kappa shape index (κ3) is 3.01. The predicted molar refractivity (Wildman–Crippen MR) is 63.8 cm³/mol. The van der Waals surface area contributed by atoms with E-state index in [4.69, 9.17) is 16.7 Å². The van der Waals surface area contributed by atoms with E-state index in [2.05, 4.69) is 9.97 Å². The zero-order chi connectivity index (χ0) is 12.3. The minimum atomic E-state index is -0.862. The van der Waals surface area contributed by atoms with Crippen LogP contribution in [0.3, 0.4) is 0 Å². The number of aliphatic carboxylic acids is 1. The fraction of sp³-hybridized carbons (Fsp3) is 0.0833. The summed E-state index contributed by atoms with van der Waals surface area (Å²) < 4.78 is 0. The Morgan fingerprint density at radius 2 is 2.00 bits per heavy atom. The van der Waals surface area contributed by atoms with E-state index < -0.39 is 5.97 Å². The first-order valence-electron chi connectivity index (χ1n) is 4.94. The van der Waals surface area contributed by atoms with E-state index in [0.29, 0.717) is 16.4 Å². The maximum absolute atomic E-state index is 10.6. The van der Waals surface area contributed by atoms with Crippen molar-refractivity contribution in [3.05, 3.63) is 47.2 Å². The fourth-order valence-electron chi connectivity index (χ4n) is 1.46. The lowest BCUT2D eigenvalue weighted by Crippen LogP contribution is -2.00. The molecular weight excluding hydrogens is 240 g/mol. The zero-order valence-corrected chi connectivity index (χ0v) is 9.55. The van der Waals surface area contributed by atoms with E-state index in [-0.39, 0.29) is 6.42 Å². The van der Waals surface area contributed by atoms with Gasteiger partial charge in [-0.15, -0.1) is 0 Å². The van der Waals surface area contributed by atoms with Gasteiger partial charge >= 0.3 is 5.97 Å². The summed E-state index contributed by atoms with van der Waals surface area (Å²) in [5, 5.41) is 9.18. The number of aromatic nitrogens is 2. The van der Waals surface area contributed by atoms with Gasteiger partial charge in [0.2, 0.25) is 0 Å². The van der Waals surface area contributed by atoms with Gasteiger partial charge in [0.1, 0.15) is 0 Å². The summed E-state index contributed by atoms with van der Waals surface area (Å²) in [5.74, 6) is -0.333. The molecule has 17 heavy (non-hydrogen) atoms. The standard InChI is InChI=1S/C12H9ClN2O2/c13-10-6-14-12(15-7-10)9-3-1-2-8(4-9)5-11(16)17/h1-4,6-7H,5H2,(H,16,17). The van der Waals surface area contributed by atoms with Gasteiger partial charge in [0.25, 0.3) is 0 Å². The van der Waals surface area contributed by atoms with Gasteiger partial charge in [-0.05, 0) is 11.6 Å². The first kappa shape index (κ1) is 11.5. The fourth-order valence-corrected chi connectivity index (χ4v) is 1.55. The molecule has 0 radical (unpaired) electrons. The second-order valence-corrected chi connectivity index (χ2v) is 3.93. The van der Waals surface area contributed by atoms with Crippen molar-refractivity contribution in [2.45, 2.75) is 6.42 Å². The Morgan fingerprint density at radius 3 is 2.65 bits per heavy atom. The van der Waals surface area contributed by atoms with Crippen molar-refractivity contribution in [3.63, 3.8) is 0 Å². The zero-order valence-electron chi connectivity index (χ0n) is 8.80. The molecule has 4 nitrogen and oxygen atoms in total. The molecule has 2 aromatic rings. The van der Waals surface area contributed by atoms with Gasteiger partial charge in [-0.1, -0.05) is 29.8 Å². The molecular formula is C12H9ClN2O2. The third-order valence-corrected chi connectivity index (χ3v) is 2.36. The number of hydrogen-bond donors (Lipinski definition) is 1. The van der Waals surface area contributed by atoms with Crippen LogP contribution < -0.4 is 0 Å². The Morgan fingerprint density at radius 1 is 1.29 bits per heavy atom. The minimum Gasteiger partial charge on any atom is -0.481 e. The second-order valence-electron chi connectivity index (χ2n) is 3.50. The molecule has 1 aromatic carbocycles. The number of carboxylic acids is 1. The van der Waals surface area contributed by atoms with Crippen LogP contribution in [0.25, 0.3) is 11.4 Å². The lowest BCUT2D eigenvalue weighted by atomic mass is 10.1. The van der Waals surface area contributed by atoms with Gasteiger partial charge in [0.15, 0.2) is 5.82 Å². The Hall–Kier alpha value is -1.94. The van der Waals surface area contributed by atoms with Crippen molar-refractivity contribution in [2.75, 3.05) is 0 Å². The highest BCUT2D eigenvalue weighted by Gasteiger charge is 2.04. The molecule has 0 fully saturated rings. The van der Waals surface area contributed by atoms with Gasteiger partial charge < -0.3 is 5.11 Å². The first-order chi connectivity index (χ1) is 8.15. The summed E-state index contributed by atoms with van der Waals surface area (Å²) in [7, 11) is 0. The summed E-state index contributed by atoms with van der Waals surface area (Å²) in [5.41, 5.74) is 1.49. The van der Waals surface area contributed by atoms with E-state index in [1.165, 1.54) is 12.4 Å². The first-order valence-corrected chi connectivity index (χ1v) is 5.31. The molecule has 0 aliphatic heterocycles. The smallest absolute Gasteiger partial charge is 0.307 e. The molecule has 0 atom stereocenters. The van der Waals surface area contributed by atoms with Crippen molar-refractivity contribution in [3.8, 4) is 11.4 Å². The largest absolute Gasteiger partial charge is 0.481 e. The molecule has 1 N–H and O–H groups in total. The number of hydrogen-bond acceptors (Lipinski definition) is 3. The van der Waals surface area contributed by atoms with E-state index in [0.717, 1.165) is 5.56 Å². The predicted octanol–water partition coefficient (Wildman–Crippen LogP) is 2.42. The van der Waals surface area contributed by atoms with Gasteiger partial charge in [0.05, 0.1) is 11.4 Å². The Labute approximate surface area is 103 Å². The number of rotatable bonds is 3. The van der Waals surface area contributed by atoms with Crippen molar-refractivity contribution >= 4 is 17.6 Å². The SMILES string of the molecule is O=C(O)Cc1cccc(-c2ncc(Cl)cn2)c1. The van der Waals surface area contributed by atoms with Crippen LogP contribution >= 0.6 is 11.6 Å². The van der Waals surface area contributed by atoms with Crippen LogP contribution in [-0.2, 0) is 11.2 Å². The molecule has 0 aliphatic rings. The van der Waals surface area contributed by atoms with Crippen LogP contribution in [0.5, 0.6) is 0 Å². The lowest BCUT2D eigenvalue weighted by molar-refractivity contribution is -0.136. The number of nitrogens with zero attached hydrogens (tertiary/aromatic N) is 2. The molecule has 0 bridgehead atoms. The summed E-state index contributed by atoms with van der Waals surface area (Å²) in [6.45, 7) is 0. The van der Waals surface area contributed by atoms with Crippen LogP contribution in [0.4, 0.5) is 0 Å². The lowest BCUT2D eigenvalue weighted by Gasteiger charge is -2.02. The average molecular weight is 249 g/mol. The van der Waals surface area contributed by atoms with Crippen LogP contribution in [0.2, 0.25) is 5.02 Å².